The summed E-state index contributed by atoms with van der Waals surface area (Å²) in [5, 5.41) is 17.3. The Hall–Kier alpha value is -3.10. The van der Waals surface area contributed by atoms with Gasteiger partial charge in [0.15, 0.2) is 5.82 Å². The third kappa shape index (κ3) is 3.45. The van der Waals surface area contributed by atoms with Crippen molar-refractivity contribution in [3.8, 4) is 0 Å². The zero-order valence-corrected chi connectivity index (χ0v) is 13.1. The molecule has 2 aromatic rings. The summed E-state index contributed by atoms with van der Waals surface area (Å²) in [6, 6.07) is 7.93. The first kappa shape index (κ1) is 15.8. The molecule has 24 heavy (non-hydrogen) atoms. The lowest BCUT2D eigenvalue weighted by molar-refractivity contribution is -0.384. The number of carbonyl (C=O) groups excluding carboxylic acids is 1. The number of nitrogens with zero attached hydrogens (tertiary/aromatic N) is 4. The molecule has 126 valence electrons. The average Bonchev–Trinajstić information content (AvgIpc) is 3.00. The van der Waals surface area contributed by atoms with Crippen LogP contribution in [0, 0.1) is 17.0 Å². The molecule has 2 amide bonds. The summed E-state index contributed by atoms with van der Waals surface area (Å²) in [6.07, 6.45) is 0. The highest BCUT2D eigenvalue weighted by molar-refractivity contribution is 5.88. The van der Waals surface area contributed by atoms with E-state index in [0.29, 0.717) is 37.8 Å². The molecule has 0 spiro atoms. The molecule has 2 heterocycles. The second-order valence-electron chi connectivity index (χ2n) is 5.50. The quantitative estimate of drug-likeness (QED) is 0.683. The number of carbonyl (C=O) groups is 1. The van der Waals surface area contributed by atoms with Gasteiger partial charge in [-0.1, -0.05) is 11.2 Å². The van der Waals surface area contributed by atoms with E-state index in [1.807, 2.05) is 11.0 Å². The van der Waals surface area contributed by atoms with Crippen LogP contribution in [0.1, 0.15) is 5.76 Å². The minimum atomic E-state index is -0.410. The molecule has 1 aliphatic rings. The van der Waals surface area contributed by atoms with Crippen LogP contribution in [0.3, 0.4) is 0 Å². The highest BCUT2D eigenvalue weighted by atomic mass is 16.6. The molecule has 9 nitrogen and oxygen atoms in total. The van der Waals surface area contributed by atoms with Crippen LogP contribution in [0.5, 0.6) is 0 Å². The van der Waals surface area contributed by atoms with Gasteiger partial charge in [-0.15, -0.1) is 0 Å². The van der Waals surface area contributed by atoms with Crippen molar-refractivity contribution in [3.63, 3.8) is 0 Å². The number of nitro groups is 1. The first-order valence-corrected chi connectivity index (χ1v) is 7.51. The van der Waals surface area contributed by atoms with E-state index >= 15 is 0 Å². The topological polar surface area (TPSA) is 105 Å². The van der Waals surface area contributed by atoms with Crippen LogP contribution in [-0.4, -0.2) is 47.2 Å². The maximum atomic E-state index is 12.2. The fraction of sp³-hybridized carbons (Fsp3) is 0.333. The van der Waals surface area contributed by atoms with Crippen LogP contribution in [-0.2, 0) is 0 Å². The van der Waals surface area contributed by atoms with Gasteiger partial charge < -0.3 is 14.3 Å². The van der Waals surface area contributed by atoms with Crippen LogP contribution >= 0.6 is 0 Å². The maximum absolute atomic E-state index is 12.2. The lowest BCUT2D eigenvalue weighted by Crippen LogP contribution is -2.50. The Morgan fingerprint density at radius 3 is 2.67 bits per heavy atom. The van der Waals surface area contributed by atoms with Gasteiger partial charge >= 0.3 is 6.03 Å². The minimum absolute atomic E-state index is 0.0640. The summed E-state index contributed by atoms with van der Waals surface area (Å²) in [6.45, 7) is 4.00. The molecule has 1 aromatic heterocycles. The van der Waals surface area contributed by atoms with Crippen molar-refractivity contribution in [3.05, 3.63) is 46.2 Å². The Morgan fingerprint density at radius 2 is 2.04 bits per heavy atom. The molecule has 0 bridgehead atoms. The summed E-state index contributed by atoms with van der Waals surface area (Å²) >= 11 is 0. The average molecular weight is 331 g/mol. The van der Waals surface area contributed by atoms with Crippen LogP contribution in [0.4, 0.5) is 22.0 Å². The second kappa shape index (κ2) is 6.57. The number of hydrogen-bond donors (Lipinski definition) is 1. The van der Waals surface area contributed by atoms with Crippen molar-refractivity contribution in [2.45, 2.75) is 6.92 Å². The Balaban J connectivity index is 1.58. The lowest BCUT2D eigenvalue weighted by atomic mass is 10.2. The fourth-order valence-electron chi connectivity index (χ4n) is 2.58. The van der Waals surface area contributed by atoms with Crippen molar-refractivity contribution in [2.75, 3.05) is 36.4 Å². The SMILES string of the molecule is Cc1cc(NC(=O)N2CCN(c3cccc([N+](=O)[O-])c3)CC2)no1. The molecule has 0 aliphatic carbocycles. The first-order chi connectivity index (χ1) is 11.5. The number of piperazine rings is 1. The number of hydrogen-bond acceptors (Lipinski definition) is 6. The third-order valence-electron chi connectivity index (χ3n) is 3.84. The Kier molecular flexibility index (Phi) is 4.32. The molecule has 0 radical (unpaired) electrons. The smallest absolute Gasteiger partial charge is 0.323 e. The monoisotopic (exact) mass is 331 g/mol. The van der Waals surface area contributed by atoms with Gasteiger partial charge in [0.2, 0.25) is 0 Å². The molecular weight excluding hydrogens is 314 g/mol. The molecular formula is C15H17N5O4. The highest BCUT2D eigenvalue weighted by Gasteiger charge is 2.22. The Labute approximate surface area is 138 Å². The molecule has 1 N–H and O–H groups in total. The van der Waals surface area contributed by atoms with Crippen molar-refractivity contribution >= 4 is 23.2 Å². The zero-order valence-electron chi connectivity index (χ0n) is 13.1. The van der Waals surface area contributed by atoms with E-state index in [2.05, 4.69) is 10.5 Å². The van der Waals surface area contributed by atoms with Crippen molar-refractivity contribution in [2.24, 2.45) is 0 Å². The van der Waals surface area contributed by atoms with Gasteiger partial charge in [-0.2, -0.15) is 0 Å². The minimum Gasteiger partial charge on any atom is -0.368 e. The molecule has 1 saturated heterocycles. The summed E-state index contributed by atoms with van der Waals surface area (Å²) in [7, 11) is 0. The molecule has 3 rings (SSSR count). The van der Waals surface area contributed by atoms with Crippen LogP contribution in [0.15, 0.2) is 34.9 Å². The van der Waals surface area contributed by atoms with Crippen molar-refractivity contribution < 1.29 is 14.2 Å². The standard InChI is InChI=1S/C15H17N5O4/c1-11-9-14(17-24-11)16-15(21)19-7-5-18(6-8-19)12-3-2-4-13(10-12)20(22)23/h2-4,9-10H,5-8H2,1H3,(H,16,17,21). The number of anilines is 2. The highest BCUT2D eigenvalue weighted by Crippen LogP contribution is 2.22. The van der Waals surface area contributed by atoms with E-state index in [0.717, 1.165) is 5.69 Å². The van der Waals surface area contributed by atoms with Gasteiger partial charge in [0.25, 0.3) is 5.69 Å². The summed E-state index contributed by atoms with van der Waals surface area (Å²) < 4.78 is 4.91. The summed E-state index contributed by atoms with van der Waals surface area (Å²) in [5.41, 5.74) is 0.852. The van der Waals surface area contributed by atoms with Crippen LogP contribution < -0.4 is 10.2 Å². The van der Waals surface area contributed by atoms with Crippen LogP contribution in [0.2, 0.25) is 0 Å². The number of non-ortho nitro benzene ring substituents is 1. The molecule has 9 heteroatoms. The van der Waals surface area contributed by atoms with Crippen molar-refractivity contribution in [1.29, 1.82) is 0 Å². The Morgan fingerprint density at radius 1 is 1.29 bits per heavy atom. The van der Waals surface area contributed by atoms with Crippen molar-refractivity contribution in [1.82, 2.24) is 10.1 Å². The number of aromatic nitrogens is 1. The number of nitrogens with one attached hydrogen (secondary N) is 1. The number of amides is 2. The number of benzene rings is 1. The molecule has 0 atom stereocenters. The first-order valence-electron chi connectivity index (χ1n) is 7.51. The summed E-state index contributed by atoms with van der Waals surface area (Å²) in [5.74, 6) is 1.01. The fourth-order valence-corrected chi connectivity index (χ4v) is 2.58. The van der Waals surface area contributed by atoms with Gasteiger partial charge in [0, 0.05) is 50.1 Å². The maximum Gasteiger partial charge on any atom is 0.323 e. The normalized spacial score (nSPS) is 14.5. The number of urea groups is 1. The summed E-state index contributed by atoms with van der Waals surface area (Å²) in [4.78, 5) is 26.3. The molecule has 0 saturated carbocycles. The molecule has 1 fully saturated rings. The zero-order chi connectivity index (χ0) is 17.1. The Bertz CT molecular complexity index is 752. The van der Waals surface area contributed by atoms with E-state index in [9.17, 15) is 14.9 Å². The van der Waals surface area contributed by atoms with E-state index in [1.54, 1.807) is 30.0 Å². The van der Waals surface area contributed by atoms with Gasteiger partial charge in [0.1, 0.15) is 5.76 Å². The van der Waals surface area contributed by atoms with Gasteiger partial charge in [-0.25, -0.2) is 4.79 Å². The number of nitro benzene ring substituents is 1. The van der Waals surface area contributed by atoms with Gasteiger partial charge in [0.05, 0.1) is 4.92 Å². The van der Waals surface area contributed by atoms with E-state index in [4.69, 9.17) is 4.52 Å². The number of aryl methyl sites for hydroxylation is 1. The van der Waals surface area contributed by atoms with E-state index < -0.39 is 4.92 Å². The van der Waals surface area contributed by atoms with Gasteiger partial charge in [-0.3, -0.25) is 15.4 Å². The largest absolute Gasteiger partial charge is 0.368 e. The molecule has 0 unspecified atom stereocenters. The number of rotatable bonds is 3. The van der Waals surface area contributed by atoms with Gasteiger partial charge in [-0.05, 0) is 13.0 Å². The predicted molar refractivity (Wildman–Crippen MR) is 87.1 cm³/mol. The lowest BCUT2D eigenvalue weighted by Gasteiger charge is -2.35. The van der Waals surface area contributed by atoms with E-state index in [-0.39, 0.29) is 11.7 Å². The third-order valence-corrected chi connectivity index (χ3v) is 3.84. The molecule has 1 aromatic carbocycles. The second-order valence-corrected chi connectivity index (χ2v) is 5.50. The van der Waals surface area contributed by atoms with E-state index in [1.165, 1.54) is 6.07 Å². The van der Waals surface area contributed by atoms with Crippen LogP contribution in [0.25, 0.3) is 0 Å². The molecule has 1 aliphatic heterocycles. The predicted octanol–water partition coefficient (Wildman–Crippen LogP) is 2.25.